The third-order valence-corrected chi connectivity index (χ3v) is 7.59. The van der Waals surface area contributed by atoms with Crippen molar-refractivity contribution in [2.24, 2.45) is 11.3 Å². The molecule has 0 bridgehead atoms. The normalized spacial score (nSPS) is 16.2. The first-order valence-corrected chi connectivity index (χ1v) is 12.0. The van der Waals surface area contributed by atoms with Crippen LogP contribution in [0, 0.1) is 11.3 Å². The first kappa shape index (κ1) is 23.5. The van der Waals surface area contributed by atoms with E-state index in [1.54, 1.807) is 11.3 Å². The number of carbonyl (C=O) groups excluding carboxylic acids is 2. The number of ether oxygens (including phenoxy) is 1. The lowest BCUT2D eigenvalue weighted by atomic mass is 9.72. The molecule has 0 saturated carbocycles. The Kier molecular flexibility index (Phi) is 7.25. The molecule has 2 aromatic rings. The third-order valence-electron chi connectivity index (χ3n) is 6.42. The average molecular weight is 442 g/mol. The van der Waals surface area contributed by atoms with Crippen molar-refractivity contribution < 1.29 is 14.3 Å². The number of esters is 1. The number of amides is 1. The number of aryl methyl sites for hydroxylation is 1. The van der Waals surface area contributed by atoms with Gasteiger partial charge in [-0.2, -0.15) is 0 Å². The first-order valence-electron chi connectivity index (χ1n) is 11.2. The van der Waals surface area contributed by atoms with Crippen molar-refractivity contribution in [2.45, 2.75) is 72.6 Å². The number of rotatable bonds is 6. The molecule has 1 aliphatic rings. The summed E-state index contributed by atoms with van der Waals surface area (Å²) in [5.41, 5.74) is 4.29. The van der Waals surface area contributed by atoms with Gasteiger partial charge in [-0.1, -0.05) is 58.9 Å². The molecule has 1 heterocycles. The molecule has 1 atom stereocenters. The van der Waals surface area contributed by atoms with Crippen LogP contribution < -0.4 is 5.32 Å². The minimum absolute atomic E-state index is 0.0657. The second-order valence-electron chi connectivity index (χ2n) is 9.95. The Morgan fingerprint density at radius 3 is 2.45 bits per heavy atom. The number of hydrogen-bond donors (Lipinski definition) is 1. The van der Waals surface area contributed by atoms with Crippen molar-refractivity contribution in [1.29, 1.82) is 0 Å². The van der Waals surface area contributed by atoms with Gasteiger partial charge < -0.3 is 10.1 Å². The largest absolute Gasteiger partial charge is 0.465 e. The summed E-state index contributed by atoms with van der Waals surface area (Å²) < 4.78 is 5.05. The molecule has 1 unspecified atom stereocenters. The Labute approximate surface area is 190 Å². The number of fused-ring (bicyclic) bond motifs is 1. The van der Waals surface area contributed by atoms with Crippen LogP contribution in [0.25, 0.3) is 0 Å². The van der Waals surface area contributed by atoms with Crippen LogP contribution in [0.4, 0.5) is 5.00 Å². The van der Waals surface area contributed by atoms with Crippen molar-refractivity contribution in [2.75, 3.05) is 12.4 Å². The second-order valence-corrected chi connectivity index (χ2v) is 11.1. The van der Waals surface area contributed by atoms with Gasteiger partial charge in [0, 0.05) is 11.3 Å². The Balaban J connectivity index is 1.72. The summed E-state index contributed by atoms with van der Waals surface area (Å²) in [6, 6.07) is 8.45. The minimum Gasteiger partial charge on any atom is -0.465 e. The number of anilines is 1. The molecule has 1 N–H and O–H groups in total. The van der Waals surface area contributed by atoms with Crippen molar-refractivity contribution in [3.63, 3.8) is 0 Å². The van der Waals surface area contributed by atoms with Crippen LogP contribution in [-0.2, 0) is 28.8 Å². The molecule has 0 spiro atoms. The zero-order valence-corrected chi connectivity index (χ0v) is 20.4. The highest BCUT2D eigenvalue weighted by atomic mass is 32.1. The summed E-state index contributed by atoms with van der Waals surface area (Å²) in [6.45, 7) is 11.2. The zero-order valence-electron chi connectivity index (χ0n) is 19.6. The summed E-state index contributed by atoms with van der Waals surface area (Å²) in [6.07, 6.45) is 3.92. The van der Waals surface area contributed by atoms with Gasteiger partial charge in [-0.05, 0) is 59.6 Å². The topological polar surface area (TPSA) is 55.4 Å². The summed E-state index contributed by atoms with van der Waals surface area (Å²) >= 11 is 1.55. The molecule has 0 saturated heterocycles. The summed E-state index contributed by atoms with van der Waals surface area (Å²) in [5.74, 6) is 0.647. The molecule has 0 aliphatic heterocycles. The minimum atomic E-state index is -0.355. The SMILES string of the molecule is COC(=O)c1c(NC(=O)CCc2ccc(C(C)C)cc2)sc2c1CCC(C(C)(C)C)C2. The molecule has 168 valence electrons. The van der Waals surface area contributed by atoms with Gasteiger partial charge in [0.2, 0.25) is 5.91 Å². The monoisotopic (exact) mass is 441 g/mol. The maximum atomic E-state index is 12.7. The lowest BCUT2D eigenvalue weighted by Gasteiger charge is -2.33. The van der Waals surface area contributed by atoms with Crippen LogP contribution in [0.2, 0.25) is 0 Å². The smallest absolute Gasteiger partial charge is 0.341 e. The molecule has 1 aromatic heterocycles. The van der Waals surface area contributed by atoms with Gasteiger partial charge in [-0.15, -0.1) is 11.3 Å². The first-order chi connectivity index (χ1) is 14.6. The van der Waals surface area contributed by atoms with Crippen LogP contribution in [0.3, 0.4) is 0 Å². The van der Waals surface area contributed by atoms with Crippen LogP contribution in [0.5, 0.6) is 0 Å². The fraction of sp³-hybridized carbons (Fsp3) is 0.538. The summed E-state index contributed by atoms with van der Waals surface area (Å²) in [4.78, 5) is 26.4. The molecular formula is C26H35NO3S. The number of methoxy groups -OCH3 is 1. The molecule has 0 radical (unpaired) electrons. The van der Waals surface area contributed by atoms with Gasteiger partial charge >= 0.3 is 5.97 Å². The predicted octanol–water partition coefficient (Wildman–Crippen LogP) is 6.38. The second kappa shape index (κ2) is 9.56. The molecule has 3 rings (SSSR count). The van der Waals surface area contributed by atoms with Crippen molar-refractivity contribution in [1.82, 2.24) is 0 Å². The van der Waals surface area contributed by atoms with E-state index in [1.165, 1.54) is 17.6 Å². The fourth-order valence-corrected chi connectivity index (χ4v) is 5.58. The highest BCUT2D eigenvalue weighted by molar-refractivity contribution is 7.17. The zero-order chi connectivity index (χ0) is 22.8. The summed E-state index contributed by atoms with van der Waals surface area (Å²) in [7, 11) is 1.40. The quantitative estimate of drug-likeness (QED) is 0.529. The number of benzene rings is 1. The van der Waals surface area contributed by atoms with Crippen LogP contribution in [0.1, 0.15) is 85.3 Å². The third kappa shape index (κ3) is 5.57. The maximum Gasteiger partial charge on any atom is 0.341 e. The van der Waals surface area contributed by atoms with Gasteiger partial charge in [-0.3, -0.25) is 4.79 Å². The highest BCUT2D eigenvalue weighted by Crippen LogP contribution is 2.44. The Bertz CT molecular complexity index is 935. The van der Waals surface area contributed by atoms with E-state index in [-0.39, 0.29) is 17.3 Å². The van der Waals surface area contributed by atoms with E-state index >= 15 is 0 Å². The van der Waals surface area contributed by atoms with Crippen molar-refractivity contribution in [3.05, 3.63) is 51.4 Å². The highest BCUT2D eigenvalue weighted by Gasteiger charge is 2.34. The Morgan fingerprint density at radius 2 is 1.87 bits per heavy atom. The lowest BCUT2D eigenvalue weighted by Crippen LogP contribution is -2.26. The molecule has 31 heavy (non-hydrogen) atoms. The molecule has 1 aromatic carbocycles. The lowest BCUT2D eigenvalue weighted by molar-refractivity contribution is -0.116. The van der Waals surface area contributed by atoms with E-state index in [0.717, 1.165) is 30.4 Å². The number of thiophene rings is 1. The van der Waals surface area contributed by atoms with Gasteiger partial charge in [0.15, 0.2) is 0 Å². The Morgan fingerprint density at radius 1 is 1.19 bits per heavy atom. The van der Waals surface area contributed by atoms with E-state index in [4.69, 9.17) is 4.74 Å². The van der Waals surface area contributed by atoms with Gasteiger partial charge in [0.05, 0.1) is 12.7 Å². The van der Waals surface area contributed by atoms with Gasteiger partial charge in [0.1, 0.15) is 5.00 Å². The average Bonchev–Trinajstić information content (AvgIpc) is 3.08. The molecule has 0 fully saturated rings. The van der Waals surface area contributed by atoms with E-state index in [9.17, 15) is 9.59 Å². The van der Waals surface area contributed by atoms with Gasteiger partial charge in [-0.25, -0.2) is 4.79 Å². The molecule has 1 amide bonds. The van der Waals surface area contributed by atoms with Crippen molar-refractivity contribution in [3.8, 4) is 0 Å². The van der Waals surface area contributed by atoms with Crippen LogP contribution >= 0.6 is 11.3 Å². The molecule has 5 heteroatoms. The fourth-order valence-electron chi connectivity index (χ4n) is 4.25. The number of nitrogens with one attached hydrogen (secondary N) is 1. The standard InChI is InChI=1S/C26H35NO3S/c1-16(2)18-10-7-17(8-11-18)9-14-22(28)27-24-23(25(29)30-6)20-13-12-19(26(3,4)5)15-21(20)31-24/h7-8,10-11,16,19H,9,12-15H2,1-6H3,(H,27,28). The number of hydrogen-bond acceptors (Lipinski definition) is 4. The van der Waals surface area contributed by atoms with E-state index in [0.29, 0.717) is 35.2 Å². The van der Waals surface area contributed by atoms with Crippen LogP contribution in [-0.4, -0.2) is 19.0 Å². The van der Waals surface area contributed by atoms with Crippen LogP contribution in [0.15, 0.2) is 24.3 Å². The van der Waals surface area contributed by atoms with E-state index in [1.807, 2.05) is 0 Å². The molecular weight excluding hydrogens is 406 g/mol. The van der Waals surface area contributed by atoms with E-state index < -0.39 is 0 Å². The van der Waals surface area contributed by atoms with E-state index in [2.05, 4.69) is 64.2 Å². The van der Waals surface area contributed by atoms with Gasteiger partial charge in [0.25, 0.3) is 0 Å². The summed E-state index contributed by atoms with van der Waals surface area (Å²) in [5, 5.41) is 3.66. The maximum absolute atomic E-state index is 12.7. The number of carbonyl (C=O) groups is 2. The molecule has 4 nitrogen and oxygen atoms in total. The molecule has 1 aliphatic carbocycles. The Hall–Kier alpha value is -2.14. The predicted molar refractivity (Wildman–Crippen MR) is 128 cm³/mol. The van der Waals surface area contributed by atoms with Crippen molar-refractivity contribution >= 4 is 28.2 Å².